The van der Waals surface area contributed by atoms with Crippen LogP contribution < -0.4 is 11.3 Å². The molecule has 0 aliphatic carbocycles. The fourth-order valence-electron chi connectivity index (χ4n) is 1.05. The zero-order valence-corrected chi connectivity index (χ0v) is 10.3. The molecule has 0 fully saturated rings. The number of nitrogens with zero attached hydrogens (tertiary/aromatic N) is 3. The maximum Gasteiger partial charge on any atom is 0.294 e. The van der Waals surface area contributed by atoms with E-state index in [1.165, 1.54) is 29.4 Å². The van der Waals surface area contributed by atoms with Crippen LogP contribution in [0, 0.1) is 0 Å². The molecule has 88 valence electrons. The van der Waals surface area contributed by atoms with E-state index < -0.39 is 0 Å². The van der Waals surface area contributed by atoms with Gasteiger partial charge in [-0.25, -0.2) is 20.8 Å². The molecule has 0 bridgehead atoms. The third kappa shape index (κ3) is 3.22. The Hall–Kier alpha value is -1.51. The van der Waals surface area contributed by atoms with Crippen LogP contribution in [0.15, 0.2) is 29.0 Å². The summed E-state index contributed by atoms with van der Waals surface area (Å²) in [4.78, 5) is 23.3. The van der Waals surface area contributed by atoms with Crippen LogP contribution in [0.3, 0.4) is 0 Å². The number of carbonyl (C=O) groups is 1. The minimum absolute atomic E-state index is 0.366. The van der Waals surface area contributed by atoms with Gasteiger partial charge in [0, 0.05) is 17.3 Å². The zero-order chi connectivity index (χ0) is 12.1. The molecular weight excluding hydrogens is 258 g/mol. The molecule has 0 saturated carbocycles. The molecule has 2 aromatic rings. The predicted molar refractivity (Wildman–Crippen MR) is 65.4 cm³/mol. The SMILES string of the molecule is NNC(=O)c1nc(CSc2ccncn2)cs1. The summed E-state index contributed by atoms with van der Waals surface area (Å²) in [7, 11) is 0. The van der Waals surface area contributed by atoms with E-state index in [0.29, 0.717) is 10.8 Å². The predicted octanol–water partition coefficient (Wildman–Crippen LogP) is 0.829. The van der Waals surface area contributed by atoms with Crippen molar-refractivity contribution < 1.29 is 4.79 Å². The second-order valence-electron chi connectivity index (χ2n) is 2.95. The zero-order valence-electron chi connectivity index (χ0n) is 8.66. The highest BCUT2D eigenvalue weighted by Gasteiger charge is 2.09. The number of aromatic nitrogens is 3. The first-order valence-corrected chi connectivity index (χ1v) is 6.50. The van der Waals surface area contributed by atoms with Crippen LogP contribution in [0.1, 0.15) is 15.5 Å². The highest BCUT2D eigenvalue weighted by Crippen LogP contribution is 2.21. The molecule has 6 nitrogen and oxygen atoms in total. The number of thiazole rings is 1. The van der Waals surface area contributed by atoms with Gasteiger partial charge in [-0.15, -0.1) is 11.3 Å². The summed E-state index contributed by atoms with van der Waals surface area (Å²) in [5.41, 5.74) is 2.88. The lowest BCUT2D eigenvalue weighted by atomic mass is 10.5. The molecule has 8 heteroatoms. The van der Waals surface area contributed by atoms with E-state index in [1.54, 1.807) is 6.20 Å². The van der Waals surface area contributed by atoms with Crippen molar-refractivity contribution in [2.45, 2.75) is 10.8 Å². The molecule has 0 radical (unpaired) electrons. The molecule has 0 atom stereocenters. The number of hydrogen-bond acceptors (Lipinski definition) is 7. The van der Waals surface area contributed by atoms with E-state index in [-0.39, 0.29) is 5.91 Å². The maximum atomic E-state index is 11.2. The van der Waals surface area contributed by atoms with Gasteiger partial charge in [-0.2, -0.15) is 0 Å². The number of nitrogens with two attached hydrogens (primary N) is 1. The number of carbonyl (C=O) groups excluding carboxylic acids is 1. The monoisotopic (exact) mass is 267 g/mol. The number of hydrogen-bond donors (Lipinski definition) is 2. The van der Waals surface area contributed by atoms with Crippen molar-refractivity contribution in [1.29, 1.82) is 0 Å². The number of amides is 1. The van der Waals surface area contributed by atoms with Gasteiger partial charge in [-0.1, -0.05) is 11.8 Å². The minimum Gasteiger partial charge on any atom is -0.288 e. The maximum absolute atomic E-state index is 11.2. The molecule has 0 unspecified atom stereocenters. The molecule has 0 spiro atoms. The Kier molecular flexibility index (Phi) is 4.02. The summed E-state index contributed by atoms with van der Waals surface area (Å²) in [6.45, 7) is 0. The van der Waals surface area contributed by atoms with Gasteiger partial charge in [0.15, 0.2) is 5.01 Å². The van der Waals surface area contributed by atoms with Crippen molar-refractivity contribution in [3.05, 3.63) is 34.7 Å². The number of rotatable bonds is 4. The van der Waals surface area contributed by atoms with Gasteiger partial charge in [-0.3, -0.25) is 10.2 Å². The molecule has 0 saturated heterocycles. The Morgan fingerprint density at radius 2 is 2.47 bits per heavy atom. The third-order valence-corrected chi connectivity index (χ3v) is 3.67. The summed E-state index contributed by atoms with van der Waals surface area (Å²) in [6.07, 6.45) is 3.18. The number of nitrogen functional groups attached to an aromatic ring is 1. The lowest BCUT2D eigenvalue weighted by Crippen LogP contribution is -2.29. The molecule has 0 aromatic carbocycles. The quantitative estimate of drug-likeness (QED) is 0.280. The summed E-state index contributed by atoms with van der Waals surface area (Å²) in [5, 5.41) is 3.07. The molecule has 2 rings (SSSR count). The molecule has 2 aromatic heterocycles. The molecular formula is C9H9N5OS2. The first kappa shape index (κ1) is 12.0. The molecule has 3 N–H and O–H groups in total. The van der Waals surface area contributed by atoms with E-state index in [4.69, 9.17) is 5.84 Å². The minimum atomic E-state index is -0.367. The molecule has 2 heterocycles. The number of thioether (sulfide) groups is 1. The van der Waals surface area contributed by atoms with Gasteiger partial charge in [0.25, 0.3) is 5.91 Å². The summed E-state index contributed by atoms with van der Waals surface area (Å²) >= 11 is 2.80. The highest BCUT2D eigenvalue weighted by atomic mass is 32.2. The standard InChI is InChI=1S/C9H9N5OS2/c10-14-8(15)9-13-6(4-17-9)3-16-7-1-2-11-5-12-7/h1-2,4-5H,3,10H2,(H,14,15). The van der Waals surface area contributed by atoms with Gasteiger partial charge in [0.1, 0.15) is 6.33 Å². The van der Waals surface area contributed by atoms with Crippen molar-refractivity contribution in [1.82, 2.24) is 20.4 Å². The van der Waals surface area contributed by atoms with Gasteiger partial charge in [0.05, 0.1) is 10.7 Å². The van der Waals surface area contributed by atoms with Crippen LogP contribution in [0.25, 0.3) is 0 Å². The topological polar surface area (TPSA) is 93.8 Å². The number of nitrogens with one attached hydrogen (secondary N) is 1. The van der Waals surface area contributed by atoms with Crippen molar-refractivity contribution in [3.63, 3.8) is 0 Å². The van der Waals surface area contributed by atoms with Crippen LogP contribution >= 0.6 is 23.1 Å². The van der Waals surface area contributed by atoms with E-state index in [2.05, 4.69) is 15.0 Å². The summed E-state index contributed by atoms with van der Waals surface area (Å²) in [5.74, 6) is 5.31. The van der Waals surface area contributed by atoms with Crippen LogP contribution in [-0.2, 0) is 5.75 Å². The molecule has 1 amide bonds. The highest BCUT2D eigenvalue weighted by molar-refractivity contribution is 7.98. The van der Waals surface area contributed by atoms with Gasteiger partial charge in [-0.05, 0) is 6.07 Å². The van der Waals surface area contributed by atoms with E-state index in [0.717, 1.165) is 10.7 Å². The lowest BCUT2D eigenvalue weighted by Gasteiger charge is -1.96. The molecule has 0 aliphatic heterocycles. The van der Waals surface area contributed by atoms with Crippen molar-refractivity contribution in [3.8, 4) is 0 Å². The lowest BCUT2D eigenvalue weighted by molar-refractivity contribution is 0.0953. The normalized spacial score (nSPS) is 10.2. The fraction of sp³-hybridized carbons (Fsp3) is 0.111. The Balaban J connectivity index is 1.96. The summed E-state index contributed by atoms with van der Waals surface area (Å²) < 4.78 is 0. The first-order valence-electron chi connectivity index (χ1n) is 4.64. The van der Waals surface area contributed by atoms with Gasteiger partial charge < -0.3 is 0 Å². The number of hydrazine groups is 1. The average molecular weight is 267 g/mol. The smallest absolute Gasteiger partial charge is 0.288 e. The Bertz CT molecular complexity index is 501. The third-order valence-electron chi connectivity index (χ3n) is 1.80. The largest absolute Gasteiger partial charge is 0.294 e. The van der Waals surface area contributed by atoms with Crippen LogP contribution in [0.2, 0.25) is 0 Å². The van der Waals surface area contributed by atoms with E-state index >= 15 is 0 Å². The Morgan fingerprint density at radius 3 is 3.18 bits per heavy atom. The van der Waals surface area contributed by atoms with E-state index in [1.807, 2.05) is 16.9 Å². The Morgan fingerprint density at radius 1 is 1.59 bits per heavy atom. The Labute approximate surface area is 106 Å². The van der Waals surface area contributed by atoms with Crippen LogP contribution in [0.5, 0.6) is 0 Å². The van der Waals surface area contributed by atoms with Crippen molar-refractivity contribution in [2.24, 2.45) is 5.84 Å². The van der Waals surface area contributed by atoms with Crippen molar-refractivity contribution in [2.75, 3.05) is 0 Å². The van der Waals surface area contributed by atoms with Crippen LogP contribution in [-0.4, -0.2) is 20.9 Å². The second kappa shape index (κ2) is 5.71. The average Bonchev–Trinajstić information content (AvgIpc) is 2.85. The van der Waals surface area contributed by atoms with Crippen molar-refractivity contribution >= 4 is 29.0 Å². The summed E-state index contributed by atoms with van der Waals surface area (Å²) in [6, 6.07) is 1.82. The first-order chi connectivity index (χ1) is 8.29. The molecule has 0 aliphatic rings. The second-order valence-corrected chi connectivity index (χ2v) is 4.81. The van der Waals surface area contributed by atoms with Crippen LogP contribution in [0.4, 0.5) is 0 Å². The fourth-order valence-corrected chi connectivity index (χ4v) is 2.60. The molecule has 17 heavy (non-hydrogen) atoms. The van der Waals surface area contributed by atoms with Gasteiger partial charge >= 0.3 is 0 Å². The van der Waals surface area contributed by atoms with Gasteiger partial charge in [0.2, 0.25) is 0 Å². The van der Waals surface area contributed by atoms with E-state index in [9.17, 15) is 4.79 Å².